The number of hydrogen-bond donors (Lipinski definition) is 1. The van der Waals surface area contributed by atoms with Crippen molar-refractivity contribution >= 4 is 16.1 Å². The molecular formula is C18H23F4O7S-. The first-order valence-corrected chi connectivity index (χ1v) is 11.0. The van der Waals surface area contributed by atoms with E-state index in [0.717, 1.165) is 12.8 Å². The number of fused-ring (bicyclic) bond motifs is 5. The Hall–Kier alpha value is -1.24. The van der Waals surface area contributed by atoms with Crippen LogP contribution in [0.5, 0.6) is 0 Å². The smallest absolute Gasteiger partial charge is 0.396 e. The van der Waals surface area contributed by atoms with Crippen molar-refractivity contribution in [3.05, 3.63) is 12.2 Å². The molecule has 3 aliphatic rings. The maximum absolute atomic E-state index is 13.3. The molecule has 0 aliphatic heterocycles. The van der Waals surface area contributed by atoms with Gasteiger partial charge in [0.15, 0.2) is 10.1 Å². The summed E-state index contributed by atoms with van der Waals surface area (Å²) in [5.74, 6) is -4.55. The van der Waals surface area contributed by atoms with Crippen molar-refractivity contribution < 1.29 is 49.9 Å². The standard InChI is InChI=1S/C18H24F4O7S/c1-9(8-28-3-2-17(19,20)18(21,22)30(25,26)27)16(24)29-11-6-12-10-4-14(13(12)7-11)15(23)5-10/h10-15,23H,1-8H2,(H,25,26,27)/p-1. The lowest BCUT2D eigenvalue weighted by atomic mass is 9.80. The number of hydrogen-bond acceptors (Lipinski definition) is 7. The Morgan fingerprint density at radius 2 is 1.73 bits per heavy atom. The monoisotopic (exact) mass is 459 g/mol. The molecule has 6 unspecified atom stereocenters. The van der Waals surface area contributed by atoms with Crippen molar-refractivity contribution in [1.82, 2.24) is 0 Å². The van der Waals surface area contributed by atoms with Crippen LogP contribution in [0.2, 0.25) is 0 Å². The predicted molar refractivity (Wildman–Crippen MR) is 92.5 cm³/mol. The molecule has 0 heterocycles. The van der Waals surface area contributed by atoms with Crippen LogP contribution in [0.25, 0.3) is 0 Å². The first-order valence-electron chi connectivity index (χ1n) is 9.60. The summed E-state index contributed by atoms with van der Waals surface area (Å²) in [6.45, 7) is 1.82. The Kier molecular flexibility index (Phi) is 6.27. The maximum Gasteiger partial charge on any atom is 0.396 e. The second-order valence-corrected chi connectivity index (χ2v) is 9.79. The summed E-state index contributed by atoms with van der Waals surface area (Å²) in [5, 5.41) is 4.23. The van der Waals surface area contributed by atoms with Gasteiger partial charge in [0, 0.05) is 6.42 Å². The van der Waals surface area contributed by atoms with E-state index in [4.69, 9.17) is 9.47 Å². The number of alkyl halides is 4. The van der Waals surface area contributed by atoms with Gasteiger partial charge in [0.25, 0.3) is 0 Å². The molecule has 6 atom stereocenters. The van der Waals surface area contributed by atoms with Crippen molar-refractivity contribution in [2.45, 2.75) is 55.5 Å². The molecule has 0 radical (unpaired) electrons. The Labute approximate surface area is 171 Å². The molecule has 0 aromatic carbocycles. The SMILES string of the molecule is C=C(COCCC(F)(F)C(F)(F)S(=O)(=O)[O-])C(=O)OC1CC2C3CC(O)C(C3)C2C1. The minimum absolute atomic E-state index is 0.207. The van der Waals surface area contributed by atoms with E-state index in [-0.39, 0.29) is 23.7 Å². The van der Waals surface area contributed by atoms with Crippen LogP contribution < -0.4 is 0 Å². The van der Waals surface area contributed by atoms with E-state index in [0.29, 0.717) is 30.6 Å². The highest BCUT2D eigenvalue weighted by molar-refractivity contribution is 7.86. The predicted octanol–water partition coefficient (Wildman–Crippen LogP) is 2.06. The molecular weight excluding hydrogens is 436 g/mol. The van der Waals surface area contributed by atoms with Crippen LogP contribution in [0.4, 0.5) is 17.6 Å². The highest BCUT2D eigenvalue weighted by Gasteiger charge is 2.61. The molecule has 3 aliphatic carbocycles. The first-order chi connectivity index (χ1) is 13.7. The molecule has 0 aromatic heterocycles. The Bertz CT molecular complexity index is 800. The molecule has 3 saturated carbocycles. The molecule has 3 rings (SSSR count). The van der Waals surface area contributed by atoms with Crippen LogP contribution in [-0.4, -0.2) is 60.6 Å². The van der Waals surface area contributed by atoms with E-state index >= 15 is 0 Å². The summed E-state index contributed by atoms with van der Waals surface area (Å²) >= 11 is 0. The van der Waals surface area contributed by atoms with Crippen LogP contribution in [0.3, 0.4) is 0 Å². The van der Waals surface area contributed by atoms with Gasteiger partial charge in [-0.3, -0.25) is 0 Å². The van der Waals surface area contributed by atoms with Crippen molar-refractivity contribution in [3.63, 3.8) is 0 Å². The number of halogens is 4. The minimum Gasteiger partial charge on any atom is -0.743 e. The highest BCUT2D eigenvalue weighted by atomic mass is 32.2. The molecule has 30 heavy (non-hydrogen) atoms. The zero-order chi connectivity index (χ0) is 22.5. The summed E-state index contributed by atoms with van der Waals surface area (Å²) < 4.78 is 93.7. The molecule has 172 valence electrons. The van der Waals surface area contributed by atoms with Crippen LogP contribution in [-0.2, 0) is 24.4 Å². The zero-order valence-corrected chi connectivity index (χ0v) is 16.8. The zero-order valence-electron chi connectivity index (χ0n) is 15.9. The van der Waals surface area contributed by atoms with Crippen LogP contribution in [0.1, 0.15) is 32.1 Å². The average molecular weight is 459 g/mol. The fourth-order valence-corrected chi connectivity index (χ4v) is 5.57. The lowest BCUT2D eigenvalue weighted by molar-refractivity contribution is -0.170. The van der Waals surface area contributed by atoms with E-state index in [1.165, 1.54) is 0 Å². The lowest BCUT2D eigenvalue weighted by Crippen LogP contribution is -2.47. The fourth-order valence-electron chi connectivity index (χ4n) is 5.10. The van der Waals surface area contributed by atoms with Gasteiger partial charge in [-0.25, -0.2) is 13.2 Å². The lowest BCUT2D eigenvalue weighted by Gasteiger charge is -2.28. The second-order valence-electron chi connectivity index (χ2n) is 8.37. The number of carbonyl (C=O) groups excluding carboxylic acids is 1. The van der Waals surface area contributed by atoms with Gasteiger partial charge in [0.05, 0.1) is 24.9 Å². The number of ether oxygens (including phenoxy) is 2. The van der Waals surface area contributed by atoms with Gasteiger partial charge in [0.1, 0.15) is 6.10 Å². The molecule has 3 fully saturated rings. The largest absolute Gasteiger partial charge is 0.743 e. The topological polar surface area (TPSA) is 113 Å². The van der Waals surface area contributed by atoms with E-state index in [9.17, 15) is 40.4 Å². The van der Waals surface area contributed by atoms with Crippen molar-refractivity contribution in [2.75, 3.05) is 13.2 Å². The molecule has 0 aromatic rings. The fraction of sp³-hybridized carbons (Fsp3) is 0.833. The molecule has 0 saturated heterocycles. The first kappa shape index (κ1) is 23.4. The average Bonchev–Trinajstić information content (AvgIpc) is 3.28. The molecule has 2 bridgehead atoms. The van der Waals surface area contributed by atoms with Gasteiger partial charge >= 0.3 is 17.1 Å². The van der Waals surface area contributed by atoms with Crippen molar-refractivity contribution in [3.8, 4) is 0 Å². The number of carbonyl (C=O) groups is 1. The number of aliphatic hydroxyl groups excluding tert-OH is 1. The number of aliphatic hydroxyl groups is 1. The summed E-state index contributed by atoms with van der Waals surface area (Å²) in [4.78, 5) is 12.1. The molecule has 1 N–H and O–H groups in total. The van der Waals surface area contributed by atoms with Gasteiger partial charge in [-0.15, -0.1) is 0 Å². The van der Waals surface area contributed by atoms with E-state index in [2.05, 4.69) is 6.58 Å². The number of rotatable bonds is 9. The van der Waals surface area contributed by atoms with Crippen LogP contribution >= 0.6 is 0 Å². The molecule has 0 spiro atoms. The highest BCUT2D eigenvalue weighted by Crippen LogP contribution is 2.59. The van der Waals surface area contributed by atoms with Gasteiger partial charge in [-0.2, -0.15) is 17.6 Å². The van der Waals surface area contributed by atoms with Crippen molar-refractivity contribution in [1.29, 1.82) is 0 Å². The van der Waals surface area contributed by atoms with E-state index in [1.54, 1.807) is 0 Å². The van der Waals surface area contributed by atoms with Crippen LogP contribution in [0.15, 0.2) is 12.2 Å². The number of esters is 1. The Morgan fingerprint density at radius 3 is 2.37 bits per heavy atom. The molecule has 0 amide bonds. The maximum atomic E-state index is 13.3. The third-order valence-electron chi connectivity index (χ3n) is 6.53. The Balaban J connectivity index is 1.40. The van der Waals surface area contributed by atoms with Gasteiger partial charge in [-0.05, 0) is 49.4 Å². The van der Waals surface area contributed by atoms with Crippen LogP contribution in [0, 0.1) is 23.7 Å². The van der Waals surface area contributed by atoms with E-state index in [1.807, 2.05) is 0 Å². The Morgan fingerprint density at radius 1 is 1.10 bits per heavy atom. The summed E-state index contributed by atoms with van der Waals surface area (Å²) in [5.41, 5.74) is -0.207. The summed E-state index contributed by atoms with van der Waals surface area (Å²) in [6.07, 6.45) is 0.693. The molecule has 12 heteroatoms. The second kappa shape index (κ2) is 8.03. The minimum atomic E-state index is -6.55. The summed E-state index contributed by atoms with van der Waals surface area (Å²) in [7, 11) is -6.55. The normalized spacial score (nSPS) is 33.5. The summed E-state index contributed by atoms with van der Waals surface area (Å²) in [6, 6.07) is 0. The quantitative estimate of drug-likeness (QED) is 0.185. The van der Waals surface area contributed by atoms with E-state index < -0.39 is 46.9 Å². The van der Waals surface area contributed by atoms with Crippen molar-refractivity contribution in [2.24, 2.45) is 23.7 Å². The van der Waals surface area contributed by atoms with Gasteiger partial charge in [0.2, 0.25) is 0 Å². The third-order valence-corrected chi connectivity index (χ3v) is 7.45. The van der Waals surface area contributed by atoms with Gasteiger partial charge < -0.3 is 19.1 Å². The third kappa shape index (κ3) is 4.23. The molecule has 7 nitrogen and oxygen atoms in total. The van der Waals surface area contributed by atoms with Gasteiger partial charge in [-0.1, -0.05) is 6.58 Å².